The minimum absolute atomic E-state index is 0.0368. The Labute approximate surface area is 233 Å². The molecule has 206 valence electrons. The van der Waals surface area contributed by atoms with Crippen molar-refractivity contribution in [1.29, 1.82) is 0 Å². The molecule has 0 unspecified atom stereocenters. The maximum absolute atomic E-state index is 13.6. The van der Waals surface area contributed by atoms with Crippen LogP contribution in [0.2, 0.25) is 0 Å². The number of pyridine rings is 2. The lowest BCUT2D eigenvalue weighted by atomic mass is 9.63. The van der Waals surface area contributed by atoms with Crippen LogP contribution in [-0.2, 0) is 4.79 Å². The summed E-state index contributed by atoms with van der Waals surface area (Å²) in [5.41, 5.74) is 0.215. The molecule has 0 aromatic carbocycles. The summed E-state index contributed by atoms with van der Waals surface area (Å²) in [7, 11) is 1.39. The first-order valence-corrected chi connectivity index (χ1v) is 13.9. The fourth-order valence-electron chi connectivity index (χ4n) is 5.15. The average Bonchev–Trinajstić information content (AvgIpc) is 3.67. The van der Waals surface area contributed by atoms with E-state index in [2.05, 4.69) is 37.3 Å². The third-order valence-corrected chi connectivity index (χ3v) is 8.50. The summed E-state index contributed by atoms with van der Waals surface area (Å²) in [6.45, 7) is 0.502. The van der Waals surface area contributed by atoms with Gasteiger partial charge in [-0.25, -0.2) is 13.8 Å². The van der Waals surface area contributed by atoms with Crippen molar-refractivity contribution in [2.45, 2.75) is 51.4 Å². The number of piperidine rings is 1. The number of hydrogen-bond acceptors (Lipinski definition) is 8. The quantitative estimate of drug-likeness (QED) is 0.407. The second kappa shape index (κ2) is 10.5. The van der Waals surface area contributed by atoms with Crippen LogP contribution >= 0.6 is 11.3 Å². The number of aromatic nitrogens is 4. The Kier molecular flexibility index (Phi) is 6.92. The molecule has 3 aliphatic rings. The zero-order valence-electron chi connectivity index (χ0n) is 21.7. The summed E-state index contributed by atoms with van der Waals surface area (Å²) in [6, 6.07) is 2.77. The van der Waals surface area contributed by atoms with Gasteiger partial charge in [0.1, 0.15) is 17.3 Å². The highest BCUT2D eigenvalue weighted by Crippen LogP contribution is 2.49. The molecule has 3 fully saturated rings. The van der Waals surface area contributed by atoms with Crippen molar-refractivity contribution < 1.29 is 23.1 Å². The van der Waals surface area contributed by atoms with Crippen molar-refractivity contribution in [2.24, 2.45) is 11.3 Å². The van der Waals surface area contributed by atoms with Crippen LogP contribution in [0.5, 0.6) is 5.75 Å². The highest BCUT2D eigenvalue weighted by Gasteiger charge is 2.43. The molecule has 0 bridgehead atoms. The Hall–Kier alpha value is -3.98. The number of anilines is 2. The largest absolute Gasteiger partial charge is 0.494 e. The maximum atomic E-state index is 13.6. The summed E-state index contributed by atoms with van der Waals surface area (Å²) in [5.74, 6) is 6.41. The molecule has 4 heterocycles. The number of carbonyl (C=O) groups excluding carboxylic acids is 2. The van der Waals surface area contributed by atoms with E-state index in [9.17, 15) is 18.4 Å². The van der Waals surface area contributed by atoms with E-state index in [4.69, 9.17) is 4.74 Å². The number of halogens is 2. The normalized spacial score (nSPS) is 17.8. The van der Waals surface area contributed by atoms with Gasteiger partial charge in [-0.15, -0.1) is 10.2 Å². The van der Waals surface area contributed by atoms with E-state index in [-0.39, 0.29) is 38.9 Å². The zero-order chi connectivity index (χ0) is 27.9. The fourth-order valence-corrected chi connectivity index (χ4v) is 5.75. The van der Waals surface area contributed by atoms with Gasteiger partial charge in [-0.3, -0.25) is 24.8 Å². The Bertz CT molecular complexity index is 1540. The minimum atomic E-state index is -2.83. The van der Waals surface area contributed by atoms with Crippen LogP contribution in [0.4, 0.5) is 19.7 Å². The van der Waals surface area contributed by atoms with Crippen molar-refractivity contribution in [3.05, 3.63) is 40.8 Å². The van der Waals surface area contributed by atoms with E-state index in [0.29, 0.717) is 29.7 Å². The topological polar surface area (TPSA) is 110 Å². The standard InChI is InChI=1S/C28H26F2N6O3S/c1-39-21-15-31-20(25(29)30)11-18(21)17-12-22(36-10-9-28(7-2-8-28)13-24(36)37)32-14-19(17)26(38)33-27-35-34-23(40-27)6-5-16-3-4-16/h11-12,14-16,25H,2-4,7-10,13H2,1H3,(H,33,35,38). The molecule has 2 amide bonds. The van der Waals surface area contributed by atoms with Crippen LogP contribution in [0.25, 0.3) is 11.1 Å². The Morgan fingerprint density at radius 3 is 2.67 bits per heavy atom. The number of alkyl halides is 2. The zero-order valence-corrected chi connectivity index (χ0v) is 22.6. The molecule has 2 saturated carbocycles. The van der Waals surface area contributed by atoms with Crippen LogP contribution in [0.1, 0.15) is 72.4 Å². The van der Waals surface area contributed by atoms with Gasteiger partial charge < -0.3 is 4.74 Å². The van der Waals surface area contributed by atoms with Gasteiger partial charge in [-0.05, 0) is 55.6 Å². The fraction of sp³-hybridized carbons (Fsp3) is 0.429. The van der Waals surface area contributed by atoms with Crippen molar-refractivity contribution in [3.8, 4) is 28.7 Å². The van der Waals surface area contributed by atoms with Gasteiger partial charge in [0.05, 0.1) is 18.9 Å². The molecule has 3 aromatic rings. The van der Waals surface area contributed by atoms with Gasteiger partial charge in [-0.2, -0.15) is 0 Å². The number of ether oxygens (including phenoxy) is 1. The van der Waals surface area contributed by atoms with E-state index in [0.717, 1.165) is 49.9 Å². The lowest BCUT2D eigenvalue weighted by Crippen LogP contribution is -2.47. The van der Waals surface area contributed by atoms with E-state index in [1.807, 2.05) is 0 Å². The third-order valence-electron chi connectivity index (χ3n) is 7.75. The smallest absolute Gasteiger partial charge is 0.280 e. The molecular weight excluding hydrogens is 538 g/mol. The van der Waals surface area contributed by atoms with Gasteiger partial charge in [0.15, 0.2) is 5.01 Å². The molecule has 12 heteroatoms. The lowest BCUT2D eigenvalue weighted by molar-refractivity contribution is -0.124. The molecule has 1 aliphatic heterocycles. The van der Waals surface area contributed by atoms with Crippen LogP contribution in [-0.4, -0.2) is 45.6 Å². The van der Waals surface area contributed by atoms with Gasteiger partial charge in [-0.1, -0.05) is 23.7 Å². The monoisotopic (exact) mass is 564 g/mol. The van der Waals surface area contributed by atoms with Crippen molar-refractivity contribution in [2.75, 3.05) is 23.9 Å². The van der Waals surface area contributed by atoms with E-state index < -0.39 is 18.0 Å². The number of nitrogens with zero attached hydrogens (tertiary/aromatic N) is 5. The van der Waals surface area contributed by atoms with Gasteiger partial charge >= 0.3 is 0 Å². The first-order chi connectivity index (χ1) is 19.3. The lowest BCUT2D eigenvalue weighted by Gasteiger charge is -2.47. The molecule has 1 saturated heterocycles. The third kappa shape index (κ3) is 5.25. The highest BCUT2D eigenvalue weighted by molar-refractivity contribution is 7.15. The second-order valence-corrected chi connectivity index (χ2v) is 11.4. The highest BCUT2D eigenvalue weighted by atomic mass is 32.1. The van der Waals surface area contributed by atoms with Gasteiger partial charge in [0.2, 0.25) is 11.0 Å². The predicted octanol–water partition coefficient (Wildman–Crippen LogP) is 5.25. The molecule has 3 aromatic heterocycles. The average molecular weight is 565 g/mol. The number of hydrogen-bond donors (Lipinski definition) is 1. The van der Waals surface area contributed by atoms with Crippen LogP contribution in [0.15, 0.2) is 24.5 Å². The van der Waals surface area contributed by atoms with Crippen molar-refractivity contribution >= 4 is 34.1 Å². The van der Waals surface area contributed by atoms with Gasteiger partial charge in [0.25, 0.3) is 12.3 Å². The molecule has 40 heavy (non-hydrogen) atoms. The molecule has 1 spiro atoms. The van der Waals surface area contributed by atoms with Crippen LogP contribution in [0, 0.1) is 23.2 Å². The molecule has 0 atom stereocenters. The number of nitrogens with one attached hydrogen (secondary N) is 1. The Balaban J connectivity index is 1.36. The van der Waals surface area contributed by atoms with Crippen molar-refractivity contribution in [3.63, 3.8) is 0 Å². The van der Waals surface area contributed by atoms with E-state index >= 15 is 0 Å². The summed E-state index contributed by atoms with van der Waals surface area (Å²) in [5, 5.41) is 11.5. The molecule has 2 aliphatic carbocycles. The SMILES string of the molecule is COc1cnc(C(F)F)cc1-c1cc(N2CCC3(CCC3)CC2=O)ncc1C(=O)Nc1nnc(C#CC2CC2)s1. The van der Waals surface area contributed by atoms with Crippen LogP contribution < -0.4 is 15.0 Å². The van der Waals surface area contributed by atoms with Crippen molar-refractivity contribution in [1.82, 2.24) is 20.2 Å². The maximum Gasteiger partial charge on any atom is 0.280 e. The minimum Gasteiger partial charge on any atom is -0.494 e. The Morgan fingerprint density at radius 1 is 1.18 bits per heavy atom. The Morgan fingerprint density at radius 2 is 2.00 bits per heavy atom. The second-order valence-electron chi connectivity index (χ2n) is 10.4. The first kappa shape index (κ1) is 26.3. The molecule has 1 N–H and O–H groups in total. The molecule has 6 rings (SSSR count). The summed E-state index contributed by atoms with van der Waals surface area (Å²) >= 11 is 1.14. The van der Waals surface area contributed by atoms with E-state index in [1.54, 1.807) is 11.0 Å². The summed E-state index contributed by atoms with van der Waals surface area (Å²) in [6.07, 6.45) is 6.42. The van der Waals surface area contributed by atoms with Gasteiger partial charge in [0, 0.05) is 36.2 Å². The summed E-state index contributed by atoms with van der Waals surface area (Å²) < 4.78 is 32.7. The number of rotatable bonds is 6. The predicted molar refractivity (Wildman–Crippen MR) is 144 cm³/mol. The van der Waals surface area contributed by atoms with E-state index in [1.165, 1.54) is 25.6 Å². The molecule has 0 radical (unpaired) electrons. The molecular formula is C28H26F2N6O3S. The molecule has 9 nitrogen and oxygen atoms in total. The number of methoxy groups -OCH3 is 1. The van der Waals surface area contributed by atoms with Crippen LogP contribution in [0.3, 0.4) is 0 Å². The summed E-state index contributed by atoms with van der Waals surface area (Å²) in [4.78, 5) is 36.4. The first-order valence-electron chi connectivity index (χ1n) is 13.1. The number of carbonyl (C=O) groups is 2. The number of amides is 2.